The van der Waals surface area contributed by atoms with Gasteiger partial charge in [-0.25, -0.2) is 14.2 Å². The molecule has 2 rings (SSSR count). The third kappa shape index (κ3) is 6.00. The van der Waals surface area contributed by atoms with Crippen molar-refractivity contribution in [1.29, 1.82) is 0 Å². The van der Waals surface area contributed by atoms with E-state index in [0.717, 1.165) is 25.7 Å². The SMILES string of the molecule is C[n+]1cc2cc(c1)C(=O)OCCCCCCCCCCOC2=O. The molecule has 0 saturated heterocycles. The van der Waals surface area contributed by atoms with Gasteiger partial charge in [-0.15, -0.1) is 0 Å². The highest BCUT2D eigenvalue weighted by molar-refractivity contribution is 5.94. The fourth-order valence-electron chi connectivity index (χ4n) is 2.70. The molecular formula is C18H26NO4+. The number of aromatic nitrogens is 1. The number of hydrogen-bond acceptors (Lipinski definition) is 4. The maximum atomic E-state index is 12.1. The van der Waals surface area contributed by atoms with Crippen molar-refractivity contribution in [3.8, 4) is 0 Å². The van der Waals surface area contributed by atoms with Crippen LogP contribution in [0.3, 0.4) is 0 Å². The molecule has 0 aromatic carbocycles. The number of rotatable bonds is 0. The van der Waals surface area contributed by atoms with E-state index >= 15 is 0 Å². The number of ether oxygens (including phenoxy) is 2. The fraction of sp³-hybridized carbons (Fsp3) is 0.611. The summed E-state index contributed by atoms with van der Waals surface area (Å²) in [4.78, 5) is 24.2. The Hall–Kier alpha value is -1.91. The second-order valence-electron chi connectivity index (χ2n) is 6.08. The first kappa shape index (κ1) is 17.4. The van der Waals surface area contributed by atoms with Crippen LogP contribution in [-0.4, -0.2) is 25.2 Å². The highest BCUT2D eigenvalue weighted by Crippen LogP contribution is 2.11. The Morgan fingerprint density at radius 2 is 1.13 bits per heavy atom. The summed E-state index contributed by atoms with van der Waals surface area (Å²) >= 11 is 0. The average molecular weight is 320 g/mol. The minimum atomic E-state index is -0.389. The zero-order valence-electron chi connectivity index (χ0n) is 13.9. The molecule has 0 aliphatic carbocycles. The van der Waals surface area contributed by atoms with Crippen LogP contribution in [-0.2, 0) is 16.5 Å². The lowest BCUT2D eigenvalue weighted by Crippen LogP contribution is -2.31. The van der Waals surface area contributed by atoms with E-state index in [4.69, 9.17) is 9.47 Å². The van der Waals surface area contributed by atoms with Crippen LogP contribution >= 0.6 is 0 Å². The molecule has 0 amide bonds. The predicted molar refractivity (Wildman–Crippen MR) is 85.1 cm³/mol. The van der Waals surface area contributed by atoms with E-state index in [1.165, 1.54) is 25.7 Å². The Morgan fingerprint density at radius 1 is 0.739 bits per heavy atom. The summed E-state index contributed by atoms with van der Waals surface area (Å²) < 4.78 is 12.3. The first-order chi connectivity index (χ1) is 11.2. The van der Waals surface area contributed by atoms with Gasteiger partial charge in [0.2, 0.25) is 0 Å². The van der Waals surface area contributed by atoms with Crippen LogP contribution in [0.1, 0.15) is 72.1 Å². The van der Waals surface area contributed by atoms with Gasteiger partial charge in [-0.05, 0) is 18.9 Å². The normalized spacial score (nSPS) is 18.7. The lowest BCUT2D eigenvalue weighted by molar-refractivity contribution is -0.671. The van der Waals surface area contributed by atoms with Gasteiger partial charge in [-0.2, -0.15) is 0 Å². The topological polar surface area (TPSA) is 56.5 Å². The molecule has 0 saturated carbocycles. The van der Waals surface area contributed by atoms with E-state index < -0.39 is 0 Å². The van der Waals surface area contributed by atoms with E-state index in [9.17, 15) is 9.59 Å². The molecule has 126 valence electrons. The highest BCUT2D eigenvalue weighted by atomic mass is 16.5. The largest absolute Gasteiger partial charge is 0.462 e. The van der Waals surface area contributed by atoms with Gasteiger partial charge < -0.3 is 9.47 Å². The quantitative estimate of drug-likeness (QED) is 0.545. The zero-order chi connectivity index (χ0) is 16.5. The minimum Gasteiger partial charge on any atom is -0.462 e. The number of cyclic esters (lactones) is 2. The molecule has 0 radical (unpaired) electrons. The number of carbonyl (C=O) groups excluding carboxylic acids is 2. The van der Waals surface area contributed by atoms with Gasteiger partial charge in [-0.1, -0.05) is 38.5 Å². The summed E-state index contributed by atoms with van der Waals surface area (Å²) in [5.74, 6) is -0.779. The third-order valence-corrected chi connectivity index (χ3v) is 3.97. The summed E-state index contributed by atoms with van der Waals surface area (Å²) in [6.45, 7) is 0.856. The molecule has 1 aromatic heterocycles. The summed E-state index contributed by atoms with van der Waals surface area (Å²) in [6, 6.07) is 1.54. The predicted octanol–water partition coefficient (Wildman–Crippen LogP) is 2.96. The molecule has 0 fully saturated rings. The van der Waals surface area contributed by atoms with Crippen LogP contribution in [0.25, 0.3) is 0 Å². The van der Waals surface area contributed by atoms with E-state index in [1.807, 2.05) is 0 Å². The Bertz CT molecular complexity index is 498. The molecule has 0 atom stereocenters. The van der Waals surface area contributed by atoms with E-state index in [2.05, 4.69) is 0 Å². The average Bonchev–Trinajstić information content (AvgIpc) is 2.54. The van der Waals surface area contributed by atoms with Crippen LogP contribution < -0.4 is 4.57 Å². The molecule has 23 heavy (non-hydrogen) atoms. The van der Waals surface area contributed by atoms with E-state index in [-0.39, 0.29) is 11.9 Å². The number of nitrogens with zero attached hydrogens (tertiary/aromatic N) is 1. The number of pyridine rings is 1. The van der Waals surface area contributed by atoms with Crippen molar-refractivity contribution >= 4 is 11.9 Å². The maximum absolute atomic E-state index is 12.1. The van der Waals surface area contributed by atoms with Crippen LogP contribution in [0.2, 0.25) is 0 Å². The number of hydrogen-bond donors (Lipinski definition) is 0. The molecule has 5 nitrogen and oxygen atoms in total. The second-order valence-corrected chi connectivity index (χ2v) is 6.08. The third-order valence-electron chi connectivity index (χ3n) is 3.97. The molecule has 2 heterocycles. The summed E-state index contributed by atoms with van der Waals surface area (Å²) in [5.41, 5.74) is 0.762. The van der Waals surface area contributed by atoms with Crippen molar-refractivity contribution in [2.45, 2.75) is 51.4 Å². The lowest BCUT2D eigenvalue weighted by atomic mass is 10.1. The van der Waals surface area contributed by atoms with Gasteiger partial charge in [0.1, 0.15) is 18.2 Å². The van der Waals surface area contributed by atoms with Crippen molar-refractivity contribution in [1.82, 2.24) is 0 Å². The van der Waals surface area contributed by atoms with Gasteiger partial charge in [0.15, 0.2) is 12.4 Å². The van der Waals surface area contributed by atoms with Crippen molar-refractivity contribution in [3.63, 3.8) is 0 Å². The highest BCUT2D eigenvalue weighted by Gasteiger charge is 2.18. The summed E-state index contributed by atoms with van der Waals surface area (Å²) in [6.07, 6.45) is 12.0. The van der Waals surface area contributed by atoms with Gasteiger partial charge >= 0.3 is 11.9 Å². The number of aryl methyl sites for hydroxylation is 1. The number of esters is 2. The monoisotopic (exact) mass is 320 g/mol. The van der Waals surface area contributed by atoms with Crippen LogP contribution in [0, 0.1) is 0 Å². The Morgan fingerprint density at radius 3 is 1.57 bits per heavy atom. The summed E-state index contributed by atoms with van der Waals surface area (Å²) in [5, 5.41) is 0. The molecule has 0 unspecified atom stereocenters. The van der Waals surface area contributed by atoms with Gasteiger partial charge in [0, 0.05) is 0 Å². The molecular weight excluding hydrogens is 294 g/mol. The van der Waals surface area contributed by atoms with Crippen molar-refractivity contribution in [3.05, 3.63) is 29.6 Å². The van der Waals surface area contributed by atoms with Crippen LogP contribution in [0.4, 0.5) is 0 Å². The molecule has 0 N–H and O–H groups in total. The minimum absolute atomic E-state index is 0.381. The van der Waals surface area contributed by atoms with E-state index in [1.54, 1.807) is 30.1 Å². The molecule has 1 aromatic rings. The van der Waals surface area contributed by atoms with Gasteiger partial charge in [0.25, 0.3) is 0 Å². The summed E-state index contributed by atoms with van der Waals surface area (Å²) in [7, 11) is 1.77. The Balaban J connectivity index is 2.07. The van der Waals surface area contributed by atoms with Crippen LogP contribution in [0.5, 0.6) is 0 Å². The smallest absolute Gasteiger partial charge is 0.344 e. The van der Waals surface area contributed by atoms with Crippen molar-refractivity contribution in [2.75, 3.05) is 13.2 Å². The lowest BCUT2D eigenvalue weighted by Gasteiger charge is -2.06. The fourth-order valence-corrected chi connectivity index (χ4v) is 2.70. The Kier molecular flexibility index (Phi) is 7.04. The number of fused-ring (bicyclic) bond motifs is 2. The first-order valence-electron chi connectivity index (χ1n) is 8.51. The van der Waals surface area contributed by atoms with Crippen LogP contribution in [0.15, 0.2) is 18.5 Å². The van der Waals surface area contributed by atoms with Crippen molar-refractivity contribution in [2.24, 2.45) is 7.05 Å². The Labute approximate surface area is 137 Å². The standard InChI is InChI=1S/C18H26NO4/c1-19-13-15-12-16(14-19)18(21)23-11-9-7-5-3-2-4-6-8-10-22-17(15)20/h12-14H,2-11H2,1H3/q+1. The zero-order valence-corrected chi connectivity index (χ0v) is 13.9. The second kappa shape index (κ2) is 9.28. The maximum Gasteiger partial charge on any atom is 0.344 e. The first-order valence-corrected chi connectivity index (χ1v) is 8.51. The molecule has 1 aliphatic heterocycles. The van der Waals surface area contributed by atoms with Gasteiger partial charge in [-0.3, -0.25) is 0 Å². The van der Waals surface area contributed by atoms with Gasteiger partial charge in [0.05, 0.1) is 13.2 Å². The van der Waals surface area contributed by atoms with Crippen molar-refractivity contribution < 1.29 is 23.6 Å². The van der Waals surface area contributed by atoms with E-state index in [0.29, 0.717) is 24.3 Å². The molecule has 0 spiro atoms. The molecule has 2 bridgehead atoms. The molecule has 5 heteroatoms. The molecule has 1 aliphatic rings. The number of carbonyl (C=O) groups is 2.